The Morgan fingerprint density at radius 2 is 1.54 bits per heavy atom. The summed E-state index contributed by atoms with van der Waals surface area (Å²) in [4.78, 5) is 28.2. The SMILES string of the molecule is CCN(CC)CCCNC(=O)c1ccc(NC(=O)c2cn(-c3ccccc3)nc2-c2ccc(C)cc2)cc1.[Cl-]. The second kappa shape index (κ2) is 14.3. The summed E-state index contributed by atoms with van der Waals surface area (Å²) in [6.45, 7) is 9.91. The zero-order chi connectivity index (χ0) is 26.9. The summed E-state index contributed by atoms with van der Waals surface area (Å²) in [7, 11) is 0. The number of benzene rings is 3. The highest BCUT2D eigenvalue weighted by Crippen LogP contribution is 2.25. The lowest BCUT2D eigenvalue weighted by molar-refractivity contribution is -0.0000238. The minimum atomic E-state index is -0.267. The number of nitrogens with zero attached hydrogens (tertiary/aromatic N) is 3. The standard InChI is InChI=1S/C31H35N5O2.ClH/c1-4-35(5-2)21-9-20-32-30(37)25-16-18-26(19-17-25)33-31(38)28-22-36(27-10-7-6-8-11-27)34-29(28)24-14-12-23(3)13-15-24;/h6-8,10-19,22H,4-5,9,20-21H2,1-3H3,(H,32,37)(H,33,38);1H/p-1. The fourth-order valence-corrected chi connectivity index (χ4v) is 4.23. The molecule has 4 rings (SSSR count). The molecule has 8 heteroatoms. The first-order chi connectivity index (χ1) is 18.5. The van der Waals surface area contributed by atoms with Crippen molar-refractivity contribution in [3.8, 4) is 16.9 Å². The summed E-state index contributed by atoms with van der Waals surface area (Å²) in [6, 6.07) is 24.6. The van der Waals surface area contributed by atoms with Crippen LogP contribution in [0.3, 0.4) is 0 Å². The minimum Gasteiger partial charge on any atom is -1.00 e. The molecular weight excluding hydrogens is 510 g/mol. The summed E-state index contributed by atoms with van der Waals surface area (Å²) >= 11 is 0. The number of carbonyl (C=O) groups excluding carboxylic acids is 2. The van der Waals surface area contributed by atoms with Crippen molar-refractivity contribution >= 4 is 17.5 Å². The van der Waals surface area contributed by atoms with Gasteiger partial charge in [-0.2, -0.15) is 5.10 Å². The largest absolute Gasteiger partial charge is 1.00 e. The van der Waals surface area contributed by atoms with E-state index in [9.17, 15) is 9.59 Å². The Bertz CT molecular complexity index is 1350. The van der Waals surface area contributed by atoms with Gasteiger partial charge >= 0.3 is 0 Å². The van der Waals surface area contributed by atoms with Gasteiger partial charge in [-0.1, -0.05) is 61.9 Å². The zero-order valence-corrected chi connectivity index (χ0v) is 23.4. The van der Waals surface area contributed by atoms with Crippen LogP contribution in [0.2, 0.25) is 0 Å². The van der Waals surface area contributed by atoms with Gasteiger partial charge in [0.25, 0.3) is 11.8 Å². The van der Waals surface area contributed by atoms with Gasteiger partial charge in [-0.15, -0.1) is 0 Å². The number of amides is 2. The molecule has 0 bridgehead atoms. The molecule has 1 heterocycles. The van der Waals surface area contributed by atoms with E-state index in [1.54, 1.807) is 35.1 Å². The number of anilines is 1. The Labute approximate surface area is 236 Å². The maximum atomic E-state index is 13.4. The maximum Gasteiger partial charge on any atom is 0.259 e. The van der Waals surface area contributed by atoms with Crippen molar-refractivity contribution in [2.45, 2.75) is 27.2 Å². The number of rotatable bonds is 11. The number of hydrogen-bond donors (Lipinski definition) is 2. The number of aryl methyl sites for hydroxylation is 1. The van der Waals surface area contributed by atoms with Crippen LogP contribution in [0.15, 0.2) is 85.1 Å². The fourth-order valence-electron chi connectivity index (χ4n) is 4.23. The number of hydrogen-bond acceptors (Lipinski definition) is 4. The van der Waals surface area contributed by atoms with Gasteiger partial charge in [0.1, 0.15) is 5.69 Å². The van der Waals surface area contributed by atoms with Crippen LogP contribution in [0.4, 0.5) is 5.69 Å². The van der Waals surface area contributed by atoms with Crippen LogP contribution in [0.1, 0.15) is 46.5 Å². The molecule has 39 heavy (non-hydrogen) atoms. The molecule has 204 valence electrons. The molecule has 0 saturated heterocycles. The Kier molecular flexibility index (Phi) is 10.8. The monoisotopic (exact) mass is 544 g/mol. The Morgan fingerprint density at radius 3 is 2.18 bits per heavy atom. The number of para-hydroxylation sites is 1. The Hall–Kier alpha value is -3.94. The molecule has 3 aromatic carbocycles. The number of nitrogens with one attached hydrogen (secondary N) is 2. The third-order valence-corrected chi connectivity index (χ3v) is 6.54. The van der Waals surface area contributed by atoms with E-state index in [-0.39, 0.29) is 24.2 Å². The molecule has 0 aliphatic heterocycles. The van der Waals surface area contributed by atoms with Gasteiger partial charge in [-0.05, 0) is 69.4 Å². The van der Waals surface area contributed by atoms with E-state index in [4.69, 9.17) is 5.10 Å². The van der Waals surface area contributed by atoms with E-state index in [0.717, 1.165) is 42.9 Å². The van der Waals surface area contributed by atoms with E-state index >= 15 is 0 Å². The van der Waals surface area contributed by atoms with Crippen LogP contribution in [0.5, 0.6) is 0 Å². The quantitative estimate of drug-likeness (QED) is 0.284. The Balaban J connectivity index is 0.00000420. The van der Waals surface area contributed by atoms with Gasteiger partial charge < -0.3 is 27.9 Å². The van der Waals surface area contributed by atoms with E-state index in [1.165, 1.54) is 0 Å². The van der Waals surface area contributed by atoms with Gasteiger partial charge in [0.2, 0.25) is 0 Å². The zero-order valence-electron chi connectivity index (χ0n) is 22.7. The van der Waals surface area contributed by atoms with E-state index in [2.05, 4.69) is 29.4 Å². The van der Waals surface area contributed by atoms with E-state index in [1.807, 2.05) is 61.5 Å². The van der Waals surface area contributed by atoms with Crippen LogP contribution < -0.4 is 23.0 Å². The van der Waals surface area contributed by atoms with Gasteiger partial charge in [0.15, 0.2) is 0 Å². The summed E-state index contributed by atoms with van der Waals surface area (Å²) < 4.78 is 1.72. The molecule has 0 aliphatic carbocycles. The smallest absolute Gasteiger partial charge is 0.259 e. The van der Waals surface area contributed by atoms with Crippen molar-refractivity contribution in [1.29, 1.82) is 0 Å². The van der Waals surface area contributed by atoms with E-state index in [0.29, 0.717) is 29.1 Å². The van der Waals surface area contributed by atoms with Crippen LogP contribution in [-0.2, 0) is 0 Å². The normalized spacial score (nSPS) is 10.7. The highest BCUT2D eigenvalue weighted by Gasteiger charge is 2.19. The van der Waals surface area contributed by atoms with Crippen LogP contribution in [0.25, 0.3) is 16.9 Å². The molecule has 0 spiro atoms. The summed E-state index contributed by atoms with van der Waals surface area (Å²) in [5.41, 5.74) is 5.10. The average Bonchev–Trinajstić information content (AvgIpc) is 3.40. The van der Waals surface area contributed by atoms with Crippen molar-refractivity contribution in [2.75, 3.05) is 31.5 Å². The molecule has 4 aromatic rings. The molecule has 0 aliphatic rings. The molecule has 2 amide bonds. The first-order valence-corrected chi connectivity index (χ1v) is 13.1. The summed E-state index contributed by atoms with van der Waals surface area (Å²) in [5, 5.41) is 10.7. The highest BCUT2D eigenvalue weighted by molar-refractivity contribution is 6.08. The van der Waals surface area contributed by atoms with Crippen molar-refractivity contribution < 1.29 is 22.0 Å². The summed E-state index contributed by atoms with van der Waals surface area (Å²) in [5.74, 6) is -0.385. The van der Waals surface area contributed by atoms with Gasteiger partial charge in [0.05, 0.1) is 11.3 Å². The lowest BCUT2D eigenvalue weighted by Crippen LogP contribution is -3.00. The van der Waals surface area contributed by atoms with Crippen molar-refractivity contribution in [1.82, 2.24) is 20.0 Å². The highest BCUT2D eigenvalue weighted by atomic mass is 35.5. The number of carbonyl (C=O) groups is 2. The maximum absolute atomic E-state index is 13.4. The molecule has 0 fully saturated rings. The first-order valence-electron chi connectivity index (χ1n) is 13.1. The van der Waals surface area contributed by atoms with Crippen molar-refractivity contribution in [3.63, 3.8) is 0 Å². The predicted molar refractivity (Wildman–Crippen MR) is 153 cm³/mol. The molecule has 0 atom stereocenters. The molecule has 7 nitrogen and oxygen atoms in total. The Morgan fingerprint density at radius 1 is 0.872 bits per heavy atom. The average molecular weight is 545 g/mol. The summed E-state index contributed by atoms with van der Waals surface area (Å²) in [6.07, 6.45) is 2.65. The van der Waals surface area contributed by atoms with Crippen LogP contribution in [-0.4, -0.2) is 52.7 Å². The molecule has 2 N–H and O–H groups in total. The van der Waals surface area contributed by atoms with E-state index < -0.39 is 0 Å². The van der Waals surface area contributed by atoms with Gasteiger partial charge in [0, 0.05) is 29.6 Å². The minimum absolute atomic E-state index is 0. The lowest BCUT2D eigenvalue weighted by atomic mass is 10.1. The molecule has 0 radical (unpaired) electrons. The molecule has 0 saturated carbocycles. The van der Waals surface area contributed by atoms with Crippen LogP contribution in [0, 0.1) is 6.92 Å². The molecule has 1 aromatic heterocycles. The third-order valence-electron chi connectivity index (χ3n) is 6.54. The fraction of sp³-hybridized carbons (Fsp3) is 0.258. The number of halogens is 1. The van der Waals surface area contributed by atoms with Gasteiger partial charge in [-0.3, -0.25) is 9.59 Å². The lowest BCUT2D eigenvalue weighted by Gasteiger charge is -2.17. The van der Waals surface area contributed by atoms with Gasteiger partial charge in [-0.25, -0.2) is 4.68 Å². The topological polar surface area (TPSA) is 79.3 Å². The first kappa shape index (κ1) is 29.6. The predicted octanol–water partition coefficient (Wildman–Crippen LogP) is 2.57. The van der Waals surface area contributed by atoms with Crippen LogP contribution >= 0.6 is 0 Å². The molecular formula is C31H35ClN5O2-. The number of aromatic nitrogens is 2. The molecule has 0 unspecified atom stereocenters. The van der Waals surface area contributed by atoms with Crippen molar-refractivity contribution in [3.05, 3.63) is 102 Å². The second-order valence-corrected chi connectivity index (χ2v) is 9.21. The third kappa shape index (κ3) is 7.78. The van der Waals surface area contributed by atoms with Crippen molar-refractivity contribution in [2.24, 2.45) is 0 Å². The second-order valence-electron chi connectivity index (χ2n) is 9.21.